The Labute approximate surface area is 137 Å². The maximum absolute atomic E-state index is 11.7. The summed E-state index contributed by atoms with van der Waals surface area (Å²) >= 11 is 0. The highest BCUT2D eigenvalue weighted by atomic mass is 32.2. The first-order chi connectivity index (χ1) is 10.7. The maximum Gasteiger partial charge on any atom is 0.226 e. The third-order valence-corrected chi connectivity index (χ3v) is 6.67. The number of hydrogen-bond acceptors (Lipinski definition) is 6. The van der Waals surface area contributed by atoms with Gasteiger partial charge in [0.15, 0.2) is 15.7 Å². The fraction of sp³-hybridized carbons (Fsp3) is 0.875. The summed E-state index contributed by atoms with van der Waals surface area (Å²) in [5.41, 5.74) is 0.0272. The molecule has 1 aromatic rings. The second-order valence-electron chi connectivity index (χ2n) is 7.93. The predicted molar refractivity (Wildman–Crippen MR) is 85.9 cm³/mol. The molecule has 3 atom stereocenters. The van der Waals surface area contributed by atoms with E-state index in [-0.39, 0.29) is 29.1 Å². The van der Waals surface area contributed by atoms with Crippen molar-refractivity contribution in [2.75, 3.05) is 18.1 Å². The fourth-order valence-electron chi connectivity index (χ4n) is 3.73. The molecule has 1 unspecified atom stereocenters. The van der Waals surface area contributed by atoms with E-state index in [1.54, 1.807) is 0 Å². The molecule has 0 radical (unpaired) electrons. The van der Waals surface area contributed by atoms with Crippen molar-refractivity contribution in [1.29, 1.82) is 0 Å². The lowest BCUT2D eigenvalue weighted by atomic mass is 9.81. The van der Waals surface area contributed by atoms with E-state index in [0.717, 1.165) is 25.9 Å². The SMILES string of the molecule is CC(C)(C)[C@@H]1OCC[C@H]1c1noc(CC2CCCS(=O)(=O)C2)n1. The summed E-state index contributed by atoms with van der Waals surface area (Å²) in [6.07, 6.45) is 3.19. The van der Waals surface area contributed by atoms with Crippen molar-refractivity contribution in [1.82, 2.24) is 10.1 Å². The Morgan fingerprint density at radius 1 is 1.26 bits per heavy atom. The summed E-state index contributed by atoms with van der Waals surface area (Å²) in [5, 5.41) is 4.15. The van der Waals surface area contributed by atoms with Gasteiger partial charge in [0, 0.05) is 13.0 Å². The van der Waals surface area contributed by atoms with E-state index in [1.807, 2.05) is 0 Å². The molecule has 2 aliphatic heterocycles. The first-order valence-corrected chi connectivity index (χ1v) is 10.2. The summed E-state index contributed by atoms with van der Waals surface area (Å²) in [7, 11) is -2.90. The Balaban J connectivity index is 1.68. The highest BCUT2D eigenvalue weighted by molar-refractivity contribution is 7.91. The third-order valence-electron chi connectivity index (χ3n) is 4.78. The summed E-state index contributed by atoms with van der Waals surface area (Å²) < 4.78 is 34.7. The van der Waals surface area contributed by atoms with Crippen molar-refractivity contribution < 1.29 is 17.7 Å². The van der Waals surface area contributed by atoms with Crippen molar-refractivity contribution >= 4 is 9.84 Å². The van der Waals surface area contributed by atoms with Gasteiger partial charge < -0.3 is 9.26 Å². The molecule has 2 saturated heterocycles. The zero-order chi connectivity index (χ0) is 16.7. The third kappa shape index (κ3) is 3.94. The average Bonchev–Trinajstić information content (AvgIpc) is 3.04. The average molecular weight is 342 g/mol. The fourth-order valence-corrected chi connectivity index (χ4v) is 5.51. The molecule has 2 fully saturated rings. The van der Waals surface area contributed by atoms with Crippen molar-refractivity contribution in [3.8, 4) is 0 Å². The quantitative estimate of drug-likeness (QED) is 0.838. The van der Waals surface area contributed by atoms with Crippen LogP contribution >= 0.6 is 0 Å². The van der Waals surface area contributed by atoms with Crippen molar-refractivity contribution in [3.05, 3.63) is 11.7 Å². The van der Waals surface area contributed by atoms with Gasteiger partial charge in [0.2, 0.25) is 5.89 Å². The van der Waals surface area contributed by atoms with Crippen LogP contribution in [0.3, 0.4) is 0 Å². The number of rotatable bonds is 3. The lowest BCUT2D eigenvalue weighted by Gasteiger charge is -2.29. The van der Waals surface area contributed by atoms with Crippen LogP contribution in [0, 0.1) is 11.3 Å². The van der Waals surface area contributed by atoms with E-state index in [2.05, 4.69) is 30.9 Å². The Bertz CT molecular complexity index is 647. The van der Waals surface area contributed by atoms with Crippen LogP contribution in [0.5, 0.6) is 0 Å². The lowest BCUT2D eigenvalue weighted by molar-refractivity contribution is 0.0193. The van der Waals surface area contributed by atoms with E-state index in [0.29, 0.717) is 23.9 Å². The summed E-state index contributed by atoms with van der Waals surface area (Å²) in [4.78, 5) is 4.55. The largest absolute Gasteiger partial charge is 0.377 e. The van der Waals surface area contributed by atoms with Gasteiger partial charge in [0.1, 0.15) is 0 Å². The van der Waals surface area contributed by atoms with Crippen LogP contribution < -0.4 is 0 Å². The topological polar surface area (TPSA) is 82.3 Å². The minimum absolute atomic E-state index is 0.0272. The molecule has 1 aromatic heterocycles. The van der Waals surface area contributed by atoms with E-state index in [4.69, 9.17) is 9.26 Å². The standard InChI is InChI=1S/C16H26N2O4S/c1-16(2,3)14-12(6-7-21-14)15-17-13(22-18-15)9-11-5-4-8-23(19,20)10-11/h11-12,14H,4-10H2,1-3H3/t11?,12-,14-/m1/s1. The van der Waals surface area contributed by atoms with Gasteiger partial charge in [-0.05, 0) is 30.6 Å². The number of sulfone groups is 1. The Kier molecular flexibility index (Phi) is 4.53. The molecule has 2 aliphatic rings. The molecular weight excluding hydrogens is 316 g/mol. The predicted octanol–water partition coefficient (Wildman–Crippen LogP) is 2.36. The zero-order valence-corrected chi connectivity index (χ0v) is 14.9. The molecule has 0 aromatic carbocycles. The zero-order valence-electron chi connectivity index (χ0n) is 14.1. The van der Waals surface area contributed by atoms with Gasteiger partial charge in [-0.15, -0.1) is 0 Å². The first kappa shape index (κ1) is 16.9. The maximum atomic E-state index is 11.7. The van der Waals surface area contributed by atoms with E-state index >= 15 is 0 Å². The van der Waals surface area contributed by atoms with Gasteiger partial charge in [-0.3, -0.25) is 0 Å². The van der Waals surface area contributed by atoms with Crippen LogP contribution in [0.2, 0.25) is 0 Å². The molecule has 3 heterocycles. The molecule has 3 rings (SSSR count). The first-order valence-electron chi connectivity index (χ1n) is 8.39. The van der Waals surface area contributed by atoms with Crippen LogP contribution in [0.15, 0.2) is 4.52 Å². The van der Waals surface area contributed by atoms with Gasteiger partial charge in [0.25, 0.3) is 0 Å². The van der Waals surface area contributed by atoms with E-state index < -0.39 is 9.84 Å². The number of aromatic nitrogens is 2. The van der Waals surface area contributed by atoms with Crippen molar-refractivity contribution in [2.45, 2.75) is 58.5 Å². The highest BCUT2D eigenvalue weighted by Gasteiger charge is 2.40. The highest BCUT2D eigenvalue weighted by Crippen LogP contribution is 2.39. The van der Waals surface area contributed by atoms with Crippen LogP contribution in [0.4, 0.5) is 0 Å². The Morgan fingerprint density at radius 2 is 2.04 bits per heavy atom. The summed E-state index contributed by atoms with van der Waals surface area (Å²) in [5.74, 6) is 2.06. The van der Waals surface area contributed by atoms with Gasteiger partial charge in [0.05, 0.1) is 23.5 Å². The molecule has 130 valence electrons. The van der Waals surface area contributed by atoms with Crippen LogP contribution in [0.25, 0.3) is 0 Å². The normalized spacial score (nSPS) is 31.3. The second-order valence-corrected chi connectivity index (χ2v) is 10.2. The Hall–Kier alpha value is -0.950. The molecule has 0 saturated carbocycles. The van der Waals surface area contributed by atoms with Crippen LogP contribution in [0.1, 0.15) is 57.7 Å². The number of hydrogen-bond donors (Lipinski definition) is 0. The molecule has 0 amide bonds. The minimum atomic E-state index is -2.90. The van der Waals surface area contributed by atoms with Crippen molar-refractivity contribution in [3.63, 3.8) is 0 Å². The lowest BCUT2D eigenvalue weighted by Crippen LogP contribution is -2.30. The molecule has 0 spiro atoms. The minimum Gasteiger partial charge on any atom is -0.377 e. The second kappa shape index (κ2) is 6.16. The van der Waals surface area contributed by atoms with E-state index in [9.17, 15) is 8.42 Å². The molecule has 0 aliphatic carbocycles. The molecule has 7 heteroatoms. The van der Waals surface area contributed by atoms with Gasteiger partial charge in [-0.25, -0.2) is 8.42 Å². The summed E-state index contributed by atoms with van der Waals surface area (Å²) in [6.45, 7) is 7.19. The monoisotopic (exact) mass is 342 g/mol. The smallest absolute Gasteiger partial charge is 0.226 e. The van der Waals surface area contributed by atoms with Crippen LogP contribution in [-0.2, 0) is 21.0 Å². The molecule has 6 nitrogen and oxygen atoms in total. The number of ether oxygens (including phenoxy) is 1. The van der Waals surface area contributed by atoms with Crippen molar-refractivity contribution in [2.24, 2.45) is 11.3 Å². The Morgan fingerprint density at radius 3 is 2.74 bits per heavy atom. The molecule has 0 N–H and O–H groups in total. The van der Waals surface area contributed by atoms with Gasteiger partial charge in [-0.2, -0.15) is 4.98 Å². The van der Waals surface area contributed by atoms with Gasteiger partial charge in [-0.1, -0.05) is 25.9 Å². The van der Waals surface area contributed by atoms with Gasteiger partial charge >= 0.3 is 0 Å². The molecular formula is C16H26N2O4S. The molecule has 0 bridgehead atoms. The van der Waals surface area contributed by atoms with E-state index in [1.165, 1.54) is 0 Å². The summed E-state index contributed by atoms with van der Waals surface area (Å²) in [6, 6.07) is 0. The van der Waals surface area contributed by atoms with Crippen LogP contribution in [-0.4, -0.2) is 42.8 Å². The number of nitrogens with zero attached hydrogens (tertiary/aromatic N) is 2. The molecule has 23 heavy (non-hydrogen) atoms.